The Morgan fingerprint density at radius 2 is 1.98 bits per heavy atom. The van der Waals surface area contributed by atoms with Crippen LogP contribution in [0.15, 0.2) is 42.6 Å². The van der Waals surface area contributed by atoms with Gasteiger partial charge in [0.05, 0.1) is 44.6 Å². The normalized spacial score (nSPS) is 18.0. The average molecular weight is 654 g/mol. The number of hydrogen-bond donors (Lipinski definition) is 1. The number of rotatable bonds is 3. The fourth-order valence-electron chi connectivity index (χ4n) is 6.11. The number of ether oxygens (including phenoxy) is 2. The molecule has 3 aromatic heterocycles. The quantitative estimate of drug-likeness (QED) is 0.210. The molecule has 5 heterocycles. The Morgan fingerprint density at radius 3 is 2.70 bits per heavy atom. The summed E-state index contributed by atoms with van der Waals surface area (Å²) in [7, 11) is 0. The van der Waals surface area contributed by atoms with Gasteiger partial charge in [-0.25, -0.2) is 14.2 Å². The number of nitrogens with zero attached hydrogens (tertiary/aromatic N) is 3. The molecule has 1 amide bonds. The third-order valence-corrected chi connectivity index (χ3v) is 10.00. The lowest BCUT2D eigenvalue weighted by molar-refractivity contribution is 0.0218. The van der Waals surface area contributed by atoms with Crippen molar-refractivity contribution in [1.29, 1.82) is 0 Å². The number of carbonyl (C=O) groups is 1. The highest BCUT2D eigenvalue weighted by molar-refractivity contribution is 7.12. The second kappa shape index (κ2) is 10.5. The van der Waals surface area contributed by atoms with Gasteiger partial charge in [-0.15, -0.1) is 11.3 Å². The molecule has 5 aromatic rings. The Kier molecular flexibility index (Phi) is 6.99. The van der Waals surface area contributed by atoms with Gasteiger partial charge in [-0.3, -0.25) is 9.47 Å². The first kappa shape index (κ1) is 29.2. The van der Waals surface area contributed by atoms with Crippen LogP contribution in [-0.4, -0.2) is 37.7 Å². The van der Waals surface area contributed by atoms with E-state index in [0.29, 0.717) is 50.7 Å². The number of H-pyrrole nitrogens is 1. The van der Waals surface area contributed by atoms with Crippen LogP contribution in [0.1, 0.15) is 67.0 Å². The number of aromatic amines is 1. The smallest absolute Gasteiger partial charge is 0.410 e. The van der Waals surface area contributed by atoms with E-state index in [2.05, 4.69) is 29.9 Å². The van der Waals surface area contributed by atoms with Crippen molar-refractivity contribution in [1.82, 2.24) is 19.4 Å². The maximum absolute atomic E-state index is 16.2. The fourth-order valence-corrected chi connectivity index (χ4v) is 7.68. The number of nitrogens with one attached hydrogen (secondary N) is 1. The lowest BCUT2D eigenvalue weighted by atomic mass is 10.0. The van der Waals surface area contributed by atoms with Crippen LogP contribution in [0.4, 0.5) is 9.18 Å². The lowest BCUT2D eigenvalue weighted by Gasteiger charge is -2.30. The Bertz CT molecular complexity index is 1940. The molecule has 0 bridgehead atoms. The van der Waals surface area contributed by atoms with E-state index in [-0.39, 0.29) is 12.1 Å². The number of hydrogen-bond acceptors (Lipinski definition) is 5. The Hall–Kier alpha value is -3.53. The molecule has 11 heteroatoms. The van der Waals surface area contributed by atoms with Crippen molar-refractivity contribution in [2.75, 3.05) is 6.54 Å². The molecule has 2 atom stereocenters. The Morgan fingerprint density at radius 1 is 1.18 bits per heavy atom. The first-order valence-corrected chi connectivity index (χ1v) is 16.1. The number of thiophene rings is 1. The van der Waals surface area contributed by atoms with Crippen molar-refractivity contribution in [3.05, 3.63) is 79.6 Å². The third-order valence-electron chi connectivity index (χ3n) is 8.20. The molecule has 1 saturated heterocycles. The van der Waals surface area contributed by atoms with Crippen molar-refractivity contribution in [2.24, 2.45) is 0 Å². The molecule has 2 aromatic carbocycles. The minimum atomic E-state index is -0.599. The number of halogens is 3. The van der Waals surface area contributed by atoms with Gasteiger partial charge < -0.3 is 14.5 Å². The van der Waals surface area contributed by atoms with Crippen LogP contribution in [0.5, 0.6) is 5.75 Å². The lowest BCUT2D eigenvalue weighted by Crippen LogP contribution is -2.36. The number of amides is 1. The van der Waals surface area contributed by atoms with Gasteiger partial charge in [0.1, 0.15) is 23.0 Å². The summed E-state index contributed by atoms with van der Waals surface area (Å²) in [5.74, 6) is 0.535. The van der Waals surface area contributed by atoms with Crippen LogP contribution >= 0.6 is 34.5 Å². The summed E-state index contributed by atoms with van der Waals surface area (Å²) in [6.07, 6.45) is 2.33. The zero-order valence-electron chi connectivity index (χ0n) is 24.9. The molecule has 1 fully saturated rings. The number of benzene rings is 2. The summed E-state index contributed by atoms with van der Waals surface area (Å²) in [5, 5.41) is 1.69. The summed E-state index contributed by atoms with van der Waals surface area (Å²) >= 11 is 15.0. The molecule has 2 aliphatic heterocycles. The molecule has 2 unspecified atom stereocenters. The summed E-state index contributed by atoms with van der Waals surface area (Å²) in [6, 6.07) is 10.6. The first-order chi connectivity index (χ1) is 20.9. The molecule has 0 saturated carbocycles. The van der Waals surface area contributed by atoms with E-state index in [9.17, 15) is 4.79 Å². The number of fused-ring (bicyclic) bond motifs is 5. The molecule has 44 heavy (non-hydrogen) atoms. The zero-order chi connectivity index (χ0) is 31.1. The van der Waals surface area contributed by atoms with Crippen LogP contribution < -0.4 is 4.74 Å². The van der Waals surface area contributed by atoms with E-state index >= 15 is 4.39 Å². The van der Waals surface area contributed by atoms with Crippen LogP contribution in [-0.2, 0) is 4.74 Å². The van der Waals surface area contributed by atoms with E-state index in [1.807, 2.05) is 37.5 Å². The summed E-state index contributed by atoms with van der Waals surface area (Å²) in [5.41, 5.74) is 3.39. The minimum absolute atomic E-state index is 0.256. The molecule has 228 valence electrons. The second-order valence-corrected chi connectivity index (χ2v) is 14.5. The van der Waals surface area contributed by atoms with Crippen LogP contribution in [0.25, 0.3) is 33.4 Å². The van der Waals surface area contributed by atoms with Crippen molar-refractivity contribution >= 4 is 51.5 Å². The Balaban J connectivity index is 1.31. The molecule has 7 rings (SSSR count). The van der Waals surface area contributed by atoms with Crippen LogP contribution in [0.2, 0.25) is 10.0 Å². The largest absolute Gasteiger partial charge is 0.464 e. The van der Waals surface area contributed by atoms with Crippen molar-refractivity contribution in [3.63, 3.8) is 0 Å². The van der Waals surface area contributed by atoms with Gasteiger partial charge in [0.25, 0.3) is 0 Å². The molecule has 1 N–H and O–H groups in total. The second-order valence-electron chi connectivity index (χ2n) is 12.4. The van der Waals surface area contributed by atoms with Gasteiger partial charge >= 0.3 is 6.09 Å². The van der Waals surface area contributed by atoms with Gasteiger partial charge in [0.2, 0.25) is 6.23 Å². The molecule has 7 nitrogen and oxygen atoms in total. The summed E-state index contributed by atoms with van der Waals surface area (Å²) < 4.78 is 30.5. The number of likely N-dealkylation sites (tertiary alicyclic amines) is 1. The maximum Gasteiger partial charge on any atom is 0.410 e. The molecule has 0 spiro atoms. The van der Waals surface area contributed by atoms with Crippen LogP contribution in [0.3, 0.4) is 0 Å². The van der Waals surface area contributed by atoms with Gasteiger partial charge in [0, 0.05) is 27.4 Å². The monoisotopic (exact) mass is 652 g/mol. The average Bonchev–Trinajstić information content (AvgIpc) is 3.74. The topological polar surface area (TPSA) is 72.4 Å². The third kappa shape index (κ3) is 4.86. The predicted molar refractivity (Wildman–Crippen MR) is 172 cm³/mol. The predicted octanol–water partition coefficient (Wildman–Crippen LogP) is 9.83. The molecular formula is C33H31Cl2FN4O3S. The van der Waals surface area contributed by atoms with E-state index in [0.717, 1.165) is 34.2 Å². The first-order valence-electron chi connectivity index (χ1n) is 14.5. The van der Waals surface area contributed by atoms with Gasteiger partial charge in [0.15, 0.2) is 0 Å². The number of aryl methyl sites for hydroxylation is 2. The van der Waals surface area contributed by atoms with Gasteiger partial charge in [-0.05, 0) is 89.4 Å². The summed E-state index contributed by atoms with van der Waals surface area (Å²) in [6.45, 7) is 10.3. The molecular weight excluding hydrogens is 622 g/mol. The van der Waals surface area contributed by atoms with E-state index < -0.39 is 17.6 Å². The standard InChI is InChI=1S/C33H31Cl2FN4O3S/c1-16-11-26(44-17(16)2)31-40-23-9-8-19(34)14-20(23)28(35)29(40)27-21(36)12-18(13-25(27)42-31)22-15-37-30(38-22)24-7-6-10-39(24)32(41)43-33(3,4)5/h8-9,11-15,24,31H,6-7,10H2,1-5H3,(H,37,38). The van der Waals surface area contributed by atoms with Crippen molar-refractivity contribution in [2.45, 2.75) is 65.3 Å². The minimum Gasteiger partial charge on any atom is -0.464 e. The fraction of sp³-hybridized carbons (Fsp3) is 0.333. The highest BCUT2D eigenvalue weighted by Crippen LogP contribution is 2.51. The van der Waals surface area contributed by atoms with Gasteiger partial charge in [-0.2, -0.15) is 0 Å². The SMILES string of the molecule is Cc1cc(C2Oc3cc(-c4cnc(C5CCCN5C(=O)OC(C)(C)C)[nH]4)cc(F)c3-c3c(Cl)c4cc(Cl)ccc4n32)sc1C. The number of imidazole rings is 1. The maximum atomic E-state index is 16.2. The van der Waals surface area contributed by atoms with Gasteiger partial charge in [-0.1, -0.05) is 23.2 Å². The zero-order valence-corrected chi connectivity index (χ0v) is 27.3. The molecule has 2 aliphatic rings. The van der Waals surface area contributed by atoms with E-state index in [1.54, 1.807) is 34.6 Å². The van der Waals surface area contributed by atoms with E-state index in [1.165, 1.54) is 10.9 Å². The van der Waals surface area contributed by atoms with Crippen molar-refractivity contribution in [3.8, 4) is 28.3 Å². The Labute approximate surface area is 268 Å². The number of aromatic nitrogens is 3. The highest BCUT2D eigenvalue weighted by atomic mass is 35.5. The highest BCUT2D eigenvalue weighted by Gasteiger charge is 2.37. The molecule has 0 aliphatic carbocycles. The summed E-state index contributed by atoms with van der Waals surface area (Å²) in [4.78, 5) is 24.7. The van der Waals surface area contributed by atoms with E-state index in [4.69, 9.17) is 32.7 Å². The van der Waals surface area contributed by atoms with Crippen LogP contribution in [0, 0.1) is 19.7 Å². The number of carbonyl (C=O) groups excluding carboxylic acids is 1. The molecule has 0 radical (unpaired) electrons. The van der Waals surface area contributed by atoms with Crippen molar-refractivity contribution < 1.29 is 18.7 Å².